The lowest BCUT2D eigenvalue weighted by Gasteiger charge is -2.14. The summed E-state index contributed by atoms with van der Waals surface area (Å²) in [5.74, 6) is 0. The lowest BCUT2D eigenvalue weighted by atomic mass is 9.95. The lowest BCUT2D eigenvalue weighted by Crippen LogP contribution is -2.07. The Morgan fingerprint density at radius 1 is 1.29 bits per heavy atom. The molecule has 0 spiro atoms. The van der Waals surface area contributed by atoms with Crippen LogP contribution in [0.2, 0.25) is 0 Å². The zero-order valence-electron chi connectivity index (χ0n) is 10.2. The Morgan fingerprint density at radius 3 is 2.88 bits per heavy atom. The number of aryl methyl sites for hydroxylation is 2. The second-order valence-electron chi connectivity index (χ2n) is 4.77. The summed E-state index contributed by atoms with van der Waals surface area (Å²) in [6.45, 7) is 3.18. The molecule has 1 aliphatic rings. The molecule has 0 aliphatic heterocycles. The molecule has 3 rings (SSSR count). The van der Waals surface area contributed by atoms with Gasteiger partial charge in [0.25, 0.3) is 0 Å². The van der Waals surface area contributed by atoms with Gasteiger partial charge in [0.05, 0.1) is 0 Å². The summed E-state index contributed by atoms with van der Waals surface area (Å²) in [6, 6.07) is 6.09. The van der Waals surface area contributed by atoms with Crippen LogP contribution in [0.3, 0.4) is 0 Å². The first-order valence-corrected chi connectivity index (χ1v) is 6.44. The Balaban J connectivity index is 2.34. The van der Waals surface area contributed by atoms with Crippen molar-refractivity contribution in [2.24, 2.45) is 0 Å². The smallest absolute Gasteiger partial charge is 0.150 e. The molecule has 1 heterocycles. The monoisotopic (exact) mass is 227 g/mol. The molecule has 0 amide bonds. The summed E-state index contributed by atoms with van der Waals surface area (Å²) in [4.78, 5) is 10.9. The van der Waals surface area contributed by atoms with Crippen LogP contribution in [0, 0.1) is 0 Å². The molecule has 1 aromatic heterocycles. The first-order valence-electron chi connectivity index (χ1n) is 6.44. The predicted molar refractivity (Wildman–Crippen MR) is 69.6 cm³/mol. The molecule has 0 atom stereocenters. The first-order chi connectivity index (χ1) is 8.35. The lowest BCUT2D eigenvalue weighted by molar-refractivity contribution is 0.112. The van der Waals surface area contributed by atoms with Crippen LogP contribution in [0.15, 0.2) is 18.2 Å². The number of fused-ring (bicyclic) bond motifs is 3. The highest BCUT2D eigenvalue weighted by atomic mass is 16.1. The van der Waals surface area contributed by atoms with Crippen molar-refractivity contribution >= 4 is 17.2 Å². The number of rotatable bonds is 2. The number of carbonyl (C=O) groups is 1. The fraction of sp³-hybridized carbons (Fsp3) is 0.400. The van der Waals surface area contributed by atoms with Crippen molar-refractivity contribution in [2.45, 2.75) is 39.2 Å². The van der Waals surface area contributed by atoms with E-state index < -0.39 is 0 Å². The third kappa shape index (κ3) is 1.51. The van der Waals surface area contributed by atoms with Gasteiger partial charge in [-0.15, -0.1) is 0 Å². The second-order valence-corrected chi connectivity index (χ2v) is 4.77. The minimum atomic E-state index is 0.780. The van der Waals surface area contributed by atoms with Crippen LogP contribution in [0.25, 0.3) is 10.9 Å². The molecule has 0 radical (unpaired) electrons. The van der Waals surface area contributed by atoms with Crippen LogP contribution >= 0.6 is 0 Å². The van der Waals surface area contributed by atoms with E-state index in [1.165, 1.54) is 47.8 Å². The molecule has 2 heteroatoms. The molecular weight excluding hydrogens is 210 g/mol. The Bertz CT molecular complexity index is 580. The minimum absolute atomic E-state index is 0.780. The van der Waals surface area contributed by atoms with E-state index in [1.54, 1.807) is 0 Å². The van der Waals surface area contributed by atoms with E-state index in [-0.39, 0.29) is 0 Å². The zero-order valence-corrected chi connectivity index (χ0v) is 10.2. The van der Waals surface area contributed by atoms with Crippen LogP contribution in [0.1, 0.15) is 41.4 Å². The average molecular weight is 227 g/mol. The molecule has 2 nitrogen and oxygen atoms in total. The first kappa shape index (κ1) is 10.6. The normalized spacial score (nSPS) is 14.9. The molecule has 0 unspecified atom stereocenters. The van der Waals surface area contributed by atoms with E-state index in [2.05, 4.69) is 17.6 Å². The summed E-state index contributed by atoms with van der Waals surface area (Å²) >= 11 is 0. The number of aldehydes is 1. The maximum absolute atomic E-state index is 10.9. The molecule has 0 bridgehead atoms. The molecule has 0 fully saturated rings. The summed E-state index contributed by atoms with van der Waals surface area (Å²) in [6.07, 6.45) is 5.91. The van der Waals surface area contributed by atoms with E-state index in [1.807, 2.05) is 12.1 Å². The Kier molecular flexibility index (Phi) is 2.50. The van der Waals surface area contributed by atoms with Gasteiger partial charge in [-0.25, -0.2) is 0 Å². The topological polar surface area (TPSA) is 22.0 Å². The van der Waals surface area contributed by atoms with Crippen LogP contribution in [0.4, 0.5) is 0 Å². The maximum atomic E-state index is 10.9. The molecule has 1 aliphatic carbocycles. The van der Waals surface area contributed by atoms with E-state index in [9.17, 15) is 4.79 Å². The Morgan fingerprint density at radius 2 is 2.12 bits per heavy atom. The highest BCUT2D eigenvalue weighted by Gasteiger charge is 2.19. The zero-order chi connectivity index (χ0) is 11.8. The quantitative estimate of drug-likeness (QED) is 0.721. The van der Waals surface area contributed by atoms with E-state index in [4.69, 9.17) is 0 Å². The third-order valence-corrected chi connectivity index (χ3v) is 3.85. The van der Waals surface area contributed by atoms with Crippen molar-refractivity contribution in [3.8, 4) is 0 Å². The SMILES string of the molecule is CCn1c2c(c3ccc(C=O)cc31)CCCC2. The molecule has 2 aromatic rings. The molecule has 88 valence electrons. The van der Waals surface area contributed by atoms with Gasteiger partial charge in [-0.05, 0) is 44.2 Å². The number of nitrogens with zero attached hydrogens (tertiary/aromatic N) is 1. The van der Waals surface area contributed by atoms with Crippen molar-refractivity contribution in [2.75, 3.05) is 0 Å². The number of hydrogen-bond donors (Lipinski definition) is 0. The van der Waals surface area contributed by atoms with Gasteiger partial charge in [-0.1, -0.05) is 12.1 Å². The molecule has 0 saturated carbocycles. The molecule has 17 heavy (non-hydrogen) atoms. The predicted octanol–water partition coefficient (Wildman–Crippen LogP) is 3.35. The molecular formula is C15H17NO. The van der Waals surface area contributed by atoms with Crippen molar-refractivity contribution < 1.29 is 4.79 Å². The van der Waals surface area contributed by atoms with Crippen LogP contribution < -0.4 is 0 Å². The minimum Gasteiger partial charge on any atom is -0.345 e. The van der Waals surface area contributed by atoms with Gasteiger partial charge in [0.1, 0.15) is 6.29 Å². The highest BCUT2D eigenvalue weighted by molar-refractivity contribution is 5.90. The van der Waals surface area contributed by atoms with Gasteiger partial charge in [-0.2, -0.15) is 0 Å². The van der Waals surface area contributed by atoms with Crippen LogP contribution in [-0.4, -0.2) is 10.9 Å². The van der Waals surface area contributed by atoms with Crippen molar-refractivity contribution in [1.82, 2.24) is 4.57 Å². The molecule has 0 saturated heterocycles. The van der Waals surface area contributed by atoms with Gasteiger partial charge in [-0.3, -0.25) is 4.79 Å². The fourth-order valence-electron chi connectivity index (χ4n) is 3.08. The van der Waals surface area contributed by atoms with Gasteiger partial charge >= 0.3 is 0 Å². The molecule has 1 aromatic carbocycles. The largest absolute Gasteiger partial charge is 0.345 e. The average Bonchev–Trinajstić information content (AvgIpc) is 2.71. The van der Waals surface area contributed by atoms with E-state index in [0.29, 0.717) is 0 Å². The Hall–Kier alpha value is -1.57. The number of hydrogen-bond acceptors (Lipinski definition) is 1. The third-order valence-electron chi connectivity index (χ3n) is 3.85. The summed E-state index contributed by atoms with van der Waals surface area (Å²) in [5, 5.41) is 1.35. The fourth-order valence-corrected chi connectivity index (χ4v) is 3.08. The van der Waals surface area contributed by atoms with Crippen molar-refractivity contribution in [3.05, 3.63) is 35.0 Å². The highest BCUT2D eigenvalue weighted by Crippen LogP contribution is 2.32. The Labute approximate surface area is 101 Å². The number of aromatic nitrogens is 1. The van der Waals surface area contributed by atoms with Gasteiger partial charge in [0.15, 0.2) is 0 Å². The molecule has 0 N–H and O–H groups in total. The summed E-state index contributed by atoms with van der Waals surface area (Å²) in [7, 11) is 0. The van der Waals surface area contributed by atoms with Crippen LogP contribution in [0.5, 0.6) is 0 Å². The van der Waals surface area contributed by atoms with E-state index >= 15 is 0 Å². The maximum Gasteiger partial charge on any atom is 0.150 e. The van der Waals surface area contributed by atoms with Gasteiger partial charge in [0.2, 0.25) is 0 Å². The van der Waals surface area contributed by atoms with E-state index in [0.717, 1.165) is 18.4 Å². The van der Waals surface area contributed by atoms with Crippen LogP contribution in [-0.2, 0) is 19.4 Å². The summed E-state index contributed by atoms with van der Waals surface area (Å²) < 4.78 is 2.39. The number of carbonyl (C=O) groups excluding carboxylic acids is 1. The van der Waals surface area contributed by atoms with Gasteiger partial charge < -0.3 is 4.57 Å². The number of benzene rings is 1. The second kappa shape index (κ2) is 4.02. The van der Waals surface area contributed by atoms with Crippen molar-refractivity contribution in [1.29, 1.82) is 0 Å². The summed E-state index contributed by atoms with van der Waals surface area (Å²) in [5.41, 5.74) is 5.04. The van der Waals surface area contributed by atoms with Crippen molar-refractivity contribution in [3.63, 3.8) is 0 Å². The standard InChI is InChI=1S/C15H17NO/c1-2-16-14-6-4-3-5-12(14)13-8-7-11(10-17)9-15(13)16/h7-10H,2-6H2,1H3. The van der Waals surface area contributed by atoms with Gasteiger partial charge in [0, 0.05) is 28.7 Å².